The second-order valence-corrected chi connectivity index (χ2v) is 10.5. The van der Waals surface area contributed by atoms with E-state index in [0.29, 0.717) is 29.4 Å². The molecule has 7 nitrogen and oxygen atoms in total. The topological polar surface area (TPSA) is 77.1 Å². The molecular weight excluding hydrogens is 516 g/mol. The summed E-state index contributed by atoms with van der Waals surface area (Å²) in [6, 6.07) is 32.7. The maximum Gasteiger partial charge on any atom is 0.255 e. The minimum Gasteiger partial charge on any atom is -0.491 e. The van der Waals surface area contributed by atoms with Crippen LogP contribution in [0.15, 0.2) is 103 Å². The second-order valence-electron chi connectivity index (χ2n) is 10.5. The number of carbonyl (C=O) groups excluding carboxylic acids is 2. The van der Waals surface area contributed by atoms with Crippen molar-refractivity contribution in [1.82, 2.24) is 0 Å². The van der Waals surface area contributed by atoms with E-state index in [4.69, 9.17) is 14.2 Å². The number of fused-ring (bicyclic) bond motifs is 6. The van der Waals surface area contributed by atoms with Gasteiger partial charge in [0.1, 0.15) is 17.8 Å². The summed E-state index contributed by atoms with van der Waals surface area (Å²) >= 11 is 0. The van der Waals surface area contributed by atoms with Crippen molar-refractivity contribution >= 4 is 34.0 Å². The summed E-state index contributed by atoms with van der Waals surface area (Å²) in [7, 11) is 0. The average molecular weight is 541 g/mol. The van der Waals surface area contributed by atoms with Crippen LogP contribution in [-0.2, 0) is 16.8 Å². The fraction of sp³-hybridized carbons (Fsp3) is 0.118. The molecule has 0 fully saturated rings. The third kappa shape index (κ3) is 3.52. The molecule has 7 heteroatoms. The van der Waals surface area contributed by atoms with Crippen LogP contribution in [-0.4, -0.2) is 25.2 Å². The molecule has 0 aromatic heterocycles. The summed E-state index contributed by atoms with van der Waals surface area (Å²) in [5.41, 5.74) is 3.66. The molecule has 200 valence electrons. The minimum absolute atomic E-state index is 0.0677. The van der Waals surface area contributed by atoms with Gasteiger partial charge < -0.3 is 24.4 Å². The SMILES string of the molecule is O=C(Nc1cccc2ccccc12)c1cccc(CN2C(=O)C3(COc4cc5c(cc43)OCO5)c3ccccc32)c1. The van der Waals surface area contributed by atoms with Crippen molar-refractivity contribution in [3.8, 4) is 17.2 Å². The summed E-state index contributed by atoms with van der Waals surface area (Å²) in [6.45, 7) is 0.657. The lowest BCUT2D eigenvalue weighted by atomic mass is 9.77. The quantitative estimate of drug-likeness (QED) is 0.301. The number of para-hydroxylation sites is 1. The van der Waals surface area contributed by atoms with Gasteiger partial charge in [0.15, 0.2) is 11.5 Å². The average Bonchev–Trinajstić information content (AvgIpc) is 3.69. The Bertz CT molecular complexity index is 1900. The lowest BCUT2D eigenvalue weighted by Crippen LogP contribution is -2.42. The number of nitrogens with zero attached hydrogens (tertiary/aromatic N) is 1. The van der Waals surface area contributed by atoms with Crippen molar-refractivity contribution in [2.45, 2.75) is 12.0 Å². The number of hydrogen-bond donors (Lipinski definition) is 1. The molecule has 1 spiro atoms. The highest BCUT2D eigenvalue weighted by molar-refractivity contribution is 6.12. The fourth-order valence-corrected chi connectivity index (χ4v) is 6.24. The summed E-state index contributed by atoms with van der Waals surface area (Å²) in [5.74, 6) is 1.59. The molecule has 5 aromatic carbocycles. The van der Waals surface area contributed by atoms with Crippen LogP contribution >= 0.6 is 0 Å². The van der Waals surface area contributed by atoms with E-state index in [0.717, 1.165) is 38.8 Å². The lowest BCUT2D eigenvalue weighted by molar-refractivity contribution is -0.122. The number of rotatable bonds is 4. The number of anilines is 2. The smallest absolute Gasteiger partial charge is 0.255 e. The largest absolute Gasteiger partial charge is 0.491 e. The molecule has 3 heterocycles. The highest BCUT2D eigenvalue weighted by Crippen LogP contribution is 2.55. The van der Waals surface area contributed by atoms with Gasteiger partial charge in [0.2, 0.25) is 12.7 Å². The van der Waals surface area contributed by atoms with Crippen molar-refractivity contribution in [2.75, 3.05) is 23.6 Å². The third-order valence-corrected chi connectivity index (χ3v) is 8.21. The van der Waals surface area contributed by atoms with Crippen LogP contribution in [0.25, 0.3) is 10.8 Å². The Morgan fingerprint density at radius 2 is 1.56 bits per heavy atom. The van der Waals surface area contributed by atoms with E-state index in [1.807, 2.05) is 97.1 Å². The Hall–Kier alpha value is -5.30. The molecule has 0 aliphatic carbocycles. The molecule has 3 aliphatic rings. The Balaban J connectivity index is 1.11. The van der Waals surface area contributed by atoms with Gasteiger partial charge in [-0.1, -0.05) is 66.7 Å². The Kier molecular flexibility index (Phi) is 5.09. The summed E-state index contributed by atoms with van der Waals surface area (Å²) in [5, 5.41) is 5.09. The van der Waals surface area contributed by atoms with Crippen LogP contribution in [0.3, 0.4) is 0 Å². The molecule has 2 amide bonds. The van der Waals surface area contributed by atoms with E-state index in [1.54, 1.807) is 11.0 Å². The Morgan fingerprint density at radius 3 is 2.49 bits per heavy atom. The van der Waals surface area contributed by atoms with Crippen LogP contribution < -0.4 is 24.4 Å². The number of ether oxygens (including phenoxy) is 3. The Labute approximate surface area is 235 Å². The van der Waals surface area contributed by atoms with Gasteiger partial charge in [-0.3, -0.25) is 9.59 Å². The van der Waals surface area contributed by atoms with E-state index in [-0.39, 0.29) is 25.2 Å². The van der Waals surface area contributed by atoms with Gasteiger partial charge in [-0.15, -0.1) is 0 Å². The first kappa shape index (κ1) is 23.6. The summed E-state index contributed by atoms with van der Waals surface area (Å²) in [6.07, 6.45) is 0. The van der Waals surface area contributed by atoms with Gasteiger partial charge in [-0.05, 0) is 46.8 Å². The predicted molar refractivity (Wildman–Crippen MR) is 155 cm³/mol. The number of benzene rings is 5. The van der Waals surface area contributed by atoms with Gasteiger partial charge in [0, 0.05) is 34.0 Å². The van der Waals surface area contributed by atoms with Gasteiger partial charge in [-0.25, -0.2) is 0 Å². The number of carbonyl (C=O) groups is 2. The van der Waals surface area contributed by atoms with Crippen LogP contribution in [0.5, 0.6) is 17.2 Å². The molecular formula is C34H24N2O5. The first-order chi connectivity index (χ1) is 20.1. The molecule has 41 heavy (non-hydrogen) atoms. The van der Waals surface area contributed by atoms with Gasteiger partial charge >= 0.3 is 0 Å². The summed E-state index contributed by atoms with van der Waals surface area (Å²) < 4.78 is 17.3. The molecule has 0 bridgehead atoms. The normalized spacial score (nSPS) is 18.0. The highest BCUT2D eigenvalue weighted by atomic mass is 16.7. The fourth-order valence-electron chi connectivity index (χ4n) is 6.24. The van der Waals surface area contributed by atoms with Crippen molar-refractivity contribution in [2.24, 2.45) is 0 Å². The van der Waals surface area contributed by atoms with Crippen LogP contribution in [0.2, 0.25) is 0 Å². The highest BCUT2D eigenvalue weighted by Gasteiger charge is 2.57. The zero-order chi connectivity index (χ0) is 27.6. The zero-order valence-electron chi connectivity index (χ0n) is 21.9. The van der Waals surface area contributed by atoms with Crippen molar-refractivity contribution in [3.05, 3.63) is 125 Å². The van der Waals surface area contributed by atoms with Crippen LogP contribution in [0, 0.1) is 0 Å². The summed E-state index contributed by atoms with van der Waals surface area (Å²) in [4.78, 5) is 29.4. The molecule has 0 saturated heterocycles. The molecule has 1 atom stereocenters. The Morgan fingerprint density at radius 1 is 0.780 bits per heavy atom. The van der Waals surface area contributed by atoms with Gasteiger partial charge in [0.25, 0.3) is 5.91 Å². The molecule has 0 radical (unpaired) electrons. The molecule has 1 unspecified atom stereocenters. The second kappa shape index (κ2) is 8.86. The van der Waals surface area contributed by atoms with E-state index < -0.39 is 5.41 Å². The number of amides is 2. The van der Waals surface area contributed by atoms with E-state index in [9.17, 15) is 9.59 Å². The maximum absolute atomic E-state index is 14.3. The predicted octanol–water partition coefficient (Wildman–Crippen LogP) is 6.05. The zero-order valence-corrected chi connectivity index (χ0v) is 21.9. The molecule has 0 saturated carbocycles. The number of hydrogen-bond acceptors (Lipinski definition) is 5. The third-order valence-electron chi connectivity index (χ3n) is 8.21. The van der Waals surface area contributed by atoms with Crippen LogP contribution in [0.1, 0.15) is 27.0 Å². The molecule has 3 aliphatic heterocycles. The van der Waals surface area contributed by atoms with Gasteiger partial charge in [-0.2, -0.15) is 0 Å². The molecule has 1 N–H and O–H groups in total. The lowest BCUT2D eigenvalue weighted by Gasteiger charge is -2.23. The molecule has 8 rings (SSSR count). The first-order valence-corrected chi connectivity index (χ1v) is 13.5. The van der Waals surface area contributed by atoms with Crippen LogP contribution in [0.4, 0.5) is 11.4 Å². The van der Waals surface area contributed by atoms with Gasteiger partial charge in [0.05, 0.1) is 6.54 Å². The number of nitrogens with one attached hydrogen (secondary N) is 1. The van der Waals surface area contributed by atoms with Crippen molar-refractivity contribution < 1.29 is 23.8 Å². The molecule has 5 aromatic rings. The van der Waals surface area contributed by atoms with Crippen molar-refractivity contribution in [3.63, 3.8) is 0 Å². The maximum atomic E-state index is 14.3. The first-order valence-electron chi connectivity index (χ1n) is 13.5. The van der Waals surface area contributed by atoms with E-state index in [1.165, 1.54) is 0 Å². The standard InChI is InChI=1S/C34H24N2O5/c37-32(35-27-13-6-9-22-8-1-2-11-24(22)27)23-10-5-7-21(15-23)18-36-28-14-4-3-12-25(28)34(33(36)38)19-39-29-17-31-30(16-26(29)34)40-20-41-31/h1-17H,18-20H2,(H,35,37). The minimum atomic E-state index is -0.976. The van der Waals surface area contributed by atoms with E-state index >= 15 is 0 Å². The van der Waals surface area contributed by atoms with E-state index in [2.05, 4.69) is 5.32 Å². The van der Waals surface area contributed by atoms with Crippen molar-refractivity contribution in [1.29, 1.82) is 0 Å². The monoisotopic (exact) mass is 540 g/mol.